The first-order valence-corrected chi connectivity index (χ1v) is 6.33. The molecule has 1 aromatic carbocycles. The molecule has 0 bridgehead atoms. The van der Waals surface area contributed by atoms with Crippen molar-refractivity contribution in [3.05, 3.63) is 51.5 Å². The SMILES string of the molecule is S=c1[nH]c2cnccc2n1-c1ccc(Cl)cc1Cl. The number of aromatic amines is 1. The van der Waals surface area contributed by atoms with Crippen molar-refractivity contribution in [2.24, 2.45) is 0 Å². The quantitative estimate of drug-likeness (QED) is 0.676. The van der Waals surface area contributed by atoms with E-state index in [9.17, 15) is 0 Å². The number of H-pyrrole nitrogens is 1. The monoisotopic (exact) mass is 295 g/mol. The summed E-state index contributed by atoms with van der Waals surface area (Å²) < 4.78 is 2.44. The fourth-order valence-electron chi connectivity index (χ4n) is 1.86. The van der Waals surface area contributed by atoms with Gasteiger partial charge in [0, 0.05) is 11.2 Å². The molecule has 0 saturated carbocycles. The van der Waals surface area contributed by atoms with E-state index in [0.717, 1.165) is 16.7 Å². The summed E-state index contributed by atoms with van der Waals surface area (Å²) in [5, 5.41) is 1.15. The molecule has 2 heterocycles. The first-order valence-electron chi connectivity index (χ1n) is 5.17. The maximum atomic E-state index is 6.21. The Hall–Kier alpha value is -1.36. The van der Waals surface area contributed by atoms with Gasteiger partial charge >= 0.3 is 0 Å². The molecule has 1 N–H and O–H groups in total. The van der Waals surface area contributed by atoms with Crippen LogP contribution in [-0.2, 0) is 0 Å². The number of aromatic nitrogens is 3. The number of hydrogen-bond donors (Lipinski definition) is 1. The molecule has 6 heteroatoms. The molecule has 0 spiro atoms. The molecule has 0 aliphatic rings. The van der Waals surface area contributed by atoms with Crippen LogP contribution in [0.25, 0.3) is 16.7 Å². The second-order valence-electron chi connectivity index (χ2n) is 3.75. The number of fused-ring (bicyclic) bond motifs is 1. The van der Waals surface area contributed by atoms with E-state index in [2.05, 4.69) is 9.97 Å². The Morgan fingerprint density at radius 2 is 2.06 bits per heavy atom. The zero-order valence-corrected chi connectivity index (χ0v) is 11.4. The Morgan fingerprint density at radius 3 is 2.83 bits per heavy atom. The Morgan fingerprint density at radius 1 is 1.22 bits per heavy atom. The highest BCUT2D eigenvalue weighted by molar-refractivity contribution is 7.71. The van der Waals surface area contributed by atoms with Gasteiger partial charge in [0.05, 0.1) is 27.9 Å². The van der Waals surface area contributed by atoms with Gasteiger partial charge in [-0.1, -0.05) is 23.2 Å². The fourth-order valence-corrected chi connectivity index (χ4v) is 2.66. The van der Waals surface area contributed by atoms with E-state index in [4.69, 9.17) is 35.4 Å². The Kier molecular flexibility index (Phi) is 2.86. The van der Waals surface area contributed by atoms with Crippen LogP contribution in [0.4, 0.5) is 0 Å². The first kappa shape index (κ1) is 11.7. The van der Waals surface area contributed by atoms with Gasteiger partial charge in [0.2, 0.25) is 0 Å². The molecule has 3 rings (SSSR count). The summed E-state index contributed by atoms with van der Waals surface area (Å²) in [6.45, 7) is 0. The number of nitrogens with zero attached hydrogens (tertiary/aromatic N) is 2. The van der Waals surface area contributed by atoms with E-state index >= 15 is 0 Å². The summed E-state index contributed by atoms with van der Waals surface area (Å²) in [6.07, 6.45) is 3.44. The molecule has 2 aromatic heterocycles. The van der Waals surface area contributed by atoms with Crippen molar-refractivity contribution in [2.75, 3.05) is 0 Å². The molecular weight excluding hydrogens is 289 g/mol. The average Bonchev–Trinajstić information content (AvgIpc) is 2.66. The summed E-state index contributed by atoms with van der Waals surface area (Å²) in [4.78, 5) is 7.14. The number of rotatable bonds is 1. The number of nitrogens with one attached hydrogen (secondary N) is 1. The molecule has 18 heavy (non-hydrogen) atoms. The summed E-state index contributed by atoms with van der Waals surface area (Å²) in [5.74, 6) is 0. The lowest BCUT2D eigenvalue weighted by molar-refractivity contribution is 1.06. The van der Waals surface area contributed by atoms with Crippen LogP contribution in [0.2, 0.25) is 10.0 Å². The Labute approximate surface area is 118 Å². The van der Waals surface area contributed by atoms with E-state index in [-0.39, 0.29) is 0 Å². The molecule has 0 amide bonds. The highest BCUT2D eigenvalue weighted by Gasteiger charge is 2.09. The standard InChI is InChI=1S/C12H7Cl2N3S/c13-7-1-2-10(8(14)5-7)17-11-3-4-15-6-9(11)16-12(17)18/h1-6H,(H,16,18). The van der Waals surface area contributed by atoms with Crippen LogP contribution in [0.5, 0.6) is 0 Å². The van der Waals surface area contributed by atoms with Crippen molar-refractivity contribution in [1.29, 1.82) is 0 Å². The Bertz CT molecular complexity index is 791. The number of pyridine rings is 1. The van der Waals surface area contributed by atoms with Crippen molar-refractivity contribution < 1.29 is 0 Å². The molecule has 0 aliphatic carbocycles. The Balaban J connectivity index is 2.38. The largest absolute Gasteiger partial charge is 0.329 e. The lowest BCUT2D eigenvalue weighted by Gasteiger charge is -2.07. The van der Waals surface area contributed by atoms with Gasteiger partial charge in [-0.15, -0.1) is 0 Å². The third-order valence-electron chi connectivity index (χ3n) is 2.63. The molecular formula is C12H7Cl2N3S. The zero-order chi connectivity index (χ0) is 12.7. The number of halogens is 2. The zero-order valence-electron chi connectivity index (χ0n) is 9.02. The third-order valence-corrected chi connectivity index (χ3v) is 3.46. The second-order valence-corrected chi connectivity index (χ2v) is 4.98. The van der Waals surface area contributed by atoms with Crippen LogP contribution in [0.1, 0.15) is 0 Å². The van der Waals surface area contributed by atoms with E-state index < -0.39 is 0 Å². The van der Waals surface area contributed by atoms with Crippen molar-refractivity contribution >= 4 is 46.5 Å². The van der Waals surface area contributed by atoms with Crippen LogP contribution in [0.15, 0.2) is 36.7 Å². The molecule has 0 atom stereocenters. The predicted molar refractivity (Wildman–Crippen MR) is 76.3 cm³/mol. The van der Waals surface area contributed by atoms with Crippen LogP contribution in [0.3, 0.4) is 0 Å². The van der Waals surface area contributed by atoms with Crippen molar-refractivity contribution in [3.63, 3.8) is 0 Å². The maximum absolute atomic E-state index is 6.21. The fraction of sp³-hybridized carbons (Fsp3) is 0. The van der Waals surface area contributed by atoms with Gasteiger partial charge in [0.1, 0.15) is 0 Å². The number of benzene rings is 1. The van der Waals surface area contributed by atoms with E-state index in [1.807, 2.05) is 16.7 Å². The minimum atomic E-state index is 0.552. The lowest BCUT2D eigenvalue weighted by Crippen LogP contribution is -1.94. The highest BCUT2D eigenvalue weighted by atomic mass is 35.5. The predicted octanol–water partition coefficient (Wildman–Crippen LogP) is 4.39. The molecule has 0 saturated heterocycles. The number of hydrogen-bond acceptors (Lipinski definition) is 2. The van der Waals surface area contributed by atoms with Gasteiger partial charge in [-0.2, -0.15) is 0 Å². The van der Waals surface area contributed by atoms with E-state index in [1.165, 1.54) is 0 Å². The van der Waals surface area contributed by atoms with Crippen LogP contribution in [0, 0.1) is 4.77 Å². The summed E-state index contributed by atoms with van der Waals surface area (Å²) in [6, 6.07) is 7.20. The van der Waals surface area contributed by atoms with Gasteiger partial charge < -0.3 is 4.98 Å². The normalized spacial score (nSPS) is 11.0. The smallest absolute Gasteiger partial charge is 0.182 e. The molecule has 0 radical (unpaired) electrons. The van der Waals surface area contributed by atoms with Crippen molar-refractivity contribution in [2.45, 2.75) is 0 Å². The van der Waals surface area contributed by atoms with Gasteiger partial charge in [-0.05, 0) is 36.5 Å². The van der Waals surface area contributed by atoms with Crippen LogP contribution < -0.4 is 0 Å². The van der Waals surface area contributed by atoms with Crippen LogP contribution >= 0.6 is 35.4 Å². The molecule has 0 aliphatic heterocycles. The molecule has 90 valence electrons. The van der Waals surface area contributed by atoms with Gasteiger partial charge in [0.25, 0.3) is 0 Å². The maximum Gasteiger partial charge on any atom is 0.182 e. The molecule has 0 unspecified atom stereocenters. The summed E-state index contributed by atoms with van der Waals surface area (Å²) >= 11 is 17.4. The minimum absolute atomic E-state index is 0.552. The molecule has 0 fully saturated rings. The molecule has 3 aromatic rings. The second kappa shape index (κ2) is 4.39. The van der Waals surface area contributed by atoms with Gasteiger partial charge in [-0.25, -0.2) is 0 Å². The van der Waals surface area contributed by atoms with Crippen molar-refractivity contribution in [3.8, 4) is 5.69 Å². The summed E-state index contributed by atoms with van der Waals surface area (Å²) in [7, 11) is 0. The van der Waals surface area contributed by atoms with E-state index in [1.54, 1.807) is 24.5 Å². The molecule has 3 nitrogen and oxygen atoms in total. The highest BCUT2D eigenvalue weighted by Crippen LogP contribution is 2.27. The van der Waals surface area contributed by atoms with E-state index in [0.29, 0.717) is 14.8 Å². The average molecular weight is 296 g/mol. The van der Waals surface area contributed by atoms with Crippen LogP contribution in [-0.4, -0.2) is 14.5 Å². The number of imidazole rings is 1. The first-order chi connectivity index (χ1) is 8.66. The summed E-state index contributed by atoms with van der Waals surface area (Å²) in [5.41, 5.74) is 2.59. The third kappa shape index (κ3) is 1.82. The topological polar surface area (TPSA) is 33.6 Å². The van der Waals surface area contributed by atoms with Gasteiger partial charge in [0.15, 0.2) is 4.77 Å². The van der Waals surface area contributed by atoms with Crippen molar-refractivity contribution in [1.82, 2.24) is 14.5 Å². The lowest BCUT2D eigenvalue weighted by atomic mass is 10.3. The minimum Gasteiger partial charge on any atom is -0.329 e. The van der Waals surface area contributed by atoms with Gasteiger partial charge in [-0.3, -0.25) is 9.55 Å².